The Bertz CT molecular complexity index is 874. The van der Waals surface area contributed by atoms with Crippen molar-refractivity contribution in [3.8, 4) is 0 Å². The van der Waals surface area contributed by atoms with E-state index in [1.165, 1.54) is 0 Å². The van der Waals surface area contributed by atoms with Gasteiger partial charge in [-0.3, -0.25) is 0 Å². The molecule has 140 valence electrons. The van der Waals surface area contributed by atoms with Crippen LogP contribution in [-0.2, 0) is 0 Å². The number of hydrogen-bond donors (Lipinski definition) is 2. The van der Waals surface area contributed by atoms with E-state index in [9.17, 15) is 5.11 Å². The smallest absolute Gasteiger partial charge is 0.104 e. The minimum Gasteiger partial charge on any atom is -0.384 e. The molecule has 4 nitrogen and oxygen atoms in total. The summed E-state index contributed by atoms with van der Waals surface area (Å²) in [6.45, 7) is 0. The molecule has 3 aromatic rings. The molecule has 0 aliphatic rings. The van der Waals surface area contributed by atoms with Gasteiger partial charge in [0.15, 0.2) is 0 Å². The van der Waals surface area contributed by atoms with Gasteiger partial charge in [-0.15, -0.1) is 0 Å². The largest absolute Gasteiger partial charge is 0.384 e. The van der Waals surface area contributed by atoms with Crippen molar-refractivity contribution in [2.24, 2.45) is 0 Å². The van der Waals surface area contributed by atoms with Crippen LogP contribution in [0.25, 0.3) is 0 Å². The molecule has 0 heterocycles. The minimum atomic E-state index is -0.672. The molecule has 0 bridgehead atoms. The van der Waals surface area contributed by atoms with Gasteiger partial charge in [0.1, 0.15) is 6.10 Å². The SMILES string of the molecule is CN(C)c1ccc(C(O)c2ccc(N(C)C)c(Nc3ccccc3)c2)cc1. The average molecular weight is 361 g/mol. The van der Waals surface area contributed by atoms with Crippen molar-refractivity contribution >= 4 is 22.7 Å². The van der Waals surface area contributed by atoms with Crippen molar-refractivity contribution in [3.63, 3.8) is 0 Å². The van der Waals surface area contributed by atoms with Crippen molar-refractivity contribution in [1.82, 2.24) is 0 Å². The summed E-state index contributed by atoms with van der Waals surface area (Å²) in [7, 11) is 8.04. The van der Waals surface area contributed by atoms with Gasteiger partial charge in [-0.05, 0) is 47.5 Å². The Balaban J connectivity index is 1.92. The van der Waals surface area contributed by atoms with Crippen LogP contribution in [0.15, 0.2) is 72.8 Å². The van der Waals surface area contributed by atoms with Crippen molar-refractivity contribution in [1.29, 1.82) is 0 Å². The molecular formula is C23H27N3O. The van der Waals surface area contributed by atoms with E-state index >= 15 is 0 Å². The van der Waals surface area contributed by atoms with Crippen LogP contribution in [0.5, 0.6) is 0 Å². The lowest BCUT2D eigenvalue weighted by Crippen LogP contribution is -2.12. The van der Waals surface area contributed by atoms with Gasteiger partial charge in [0.05, 0.1) is 11.4 Å². The highest BCUT2D eigenvalue weighted by molar-refractivity contribution is 5.76. The quantitative estimate of drug-likeness (QED) is 0.671. The van der Waals surface area contributed by atoms with Crippen LogP contribution in [0.1, 0.15) is 17.2 Å². The molecule has 0 saturated carbocycles. The van der Waals surface area contributed by atoms with E-state index in [1.54, 1.807) is 0 Å². The fourth-order valence-electron chi connectivity index (χ4n) is 3.04. The second-order valence-electron chi connectivity index (χ2n) is 7.05. The van der Waals surface area contributed by atoms with Crippen LogP contribution in [-0.4, -0.2) is 33.3 Å². The lowest BCUT2D eigenvalue weighted by Gasteiger charge is -2.21. The first kappa shape index (κ1) is 18.8. The number of hydrogen-bond acceptors (Lipinski definition) is 4. The number of rotatable bonds is 6. The summed E-state index contributed by atoms with van der Waals surface area (Å²) < 4.78 is 0. The van der Waals surface area contributed by atoms with Gasteiger partial charge in [-0.1, -0.05) is 36.4 Å². The summed E-state index contributed by atoms with van der Waals surface area (Å²) in [5.74, 6) is 0. The molecule has 3 rings (SSSR count). The van der Waals surface area contributed by atoms with Gasteiger partial charge in [0.2, 0.25) is 0 Å². The third-order valence-electron chi connectivity index (χ3n) is 4.60. The van der Waals surface area contributed by atoms with Gasteiger partial charge < -0.3 is 20.2 Å². The van der Waals surface area contributed by atoms with E-state index in [0.29, 0.717) is 0 Å². The molecule has 0 fully saturated rings. The number of para-hydroxylation sites is 1. The maximum Gasteiger partial charge on any atom is 0.104 e. The summed E-state index contributed by atoms with van der Waals surface area (Å²) in [4.78, 5) is 4.11. The standard InChI is InChI=1S/C23H27N3O/c1-25(2)20-13-10-17(11-14-20)23(27)18-12-15-22(26(3)4)21(16-18)24-19-8-6-5-7-9-19/h5-16,23-24,27H,1-4H3. The van der Waals surface area contributed by atoms with E-state index in [0.717, 1.165) is 33.9 Å². The predicted molar refractivity (Wildman–Crippen MR) is 115 cm³/mol. The van der Waals surface area contributed by atoms with Crippen molar-refractivity contribution in [2.45, 2.75) is 6.10 Å². The highest BCUT2D eigenvalue weighted by Crippen LogP contribution is 2.33. The number of aliphatic hydroxyl groups excluding tert-OH is 1. The summed E-state index contributed by atoms with van der Waals surface area (Å²) in [5, 5.41) is 14.4. The van der Waals surface area contributed by atoms with Crippen molar-refractivity contribution in [2.75, 3.05) is 43.3 Å². The van der Waals surface area contributed by atoms with Crippen LogP contribution in [0.4, 0.5) is 22.7 Å². The topological polar surface area (TPSA) is 38.7 Å². The van der Waals surface area contributed by atoms with Gasteiger partial charge in [0.25, 0.3) is 0 Å². The maximum atomic E-state index is 10.9. The predicted octanol–water partition coefficient (Wildman–Crippen LogP) is 4.64. The van der Waals surface area contributed by atoms with Gasteiger partial charge in [-0.2, -0.15) is 0 Å². The Labute approximate surface area is 161 Å². The summed E-state index contributed by atoms with van der Waals surface area (Å²) >= 11 is 0. The second kappa shape index (κ2) is 8.14. The third kappa shape index (κ3) is 4.41. The highest BCUT2D eigenvalue weighted by atomic mass is 16.3. The molecule has 3 aromatic carbocycles. The molecule has 2 N–H and O–H groups in total. The summed E-state index contributed by atoms with van der Waals surface area (Å²) in [5.41, 5.74) is 5.90. The second-order valence-corrected chi connectivity index (χ2v) is 7.05. The fourth-order valence-corrected chi connectivity index (χ4v) is 3.04. The normalized spacial score (nSPS) is 11.7. The van der Waals surface area contributed by atoms with Crippen LogP contribution in [0.2, 0.25) is 0 Å². The molecule has 0 aromatic heterocycles. The monoisotopic (exact) mass is 361 g/mol. The van der Waals surface area contributed by atoms with Gasteiger partial charge in [-0.25, -0.2) is 0 Å². The molecule has 1 unspecified atom stereocenters. The highest BCUT2D eigenvalue weighted by Gasteiger charge is 2.14. The Morgan fingerprint density at radius 3 is 1.96 bits per heavy atom. The lowest BCUT2D eigenvalue weighted by atomic mass is 10.00. The number of aliphatic hydroxyl groups is 1. The maximum absolute atomic E-state index is 10.9. The first-order valence-corrected chi connectivity index (χ1v) is 9.04. The number of nitrogens with zero attached hydrogens (tertiary/aromatic N) is 2. The van der Waals surface area contributed by atoms with Crippen LogP contribution < -0.4 is 15.1 Å². The zero-order chi connectivity index (χ0) is 19.4. The summed E-state index contributed by atoms with van der Waals surface area (Å²) in [6.07, 6.45) is -0.672. The average Bonchev–Trinajstić information content (AvgIpc) is 2.68. The molecule has 0 amide bonds. The number of anilines is 4. The first-order chi connectivity index (χ1) is 13.0. The molecular weight excluding hydrogens is 334 g/mol. The Hall–Kier alpha value is -2.98. The Morgan fingerprint density at radius 1 is 0.741 bits per heavy atom. The lowest BCUT2D eigenvalue weighted by molar-refractivity contribution is 0.220. The van der Waals surface area contributed by atoms with Crippen molar-refractivity contribution < 1.29 is 5.11 Å². The van der Waals surface area contributed by atoms with E-state index < -0.39 is 6.10 Å². The Morgan fingerprint density at radius 2 is 1.37 bits per heavy atom. The number of nitrogens with one attached hydrogen (secondary N) is 1. The molecule has 27 heavy (non-hydrogen) atoms. The van der Waals surface area contributed by atoms with E-state index in [4.69, 9.17) is 0 Å². The first-order valence-electron chi connectivity index (χ1n) is 9.04. The Kier molecular flexibility index (Phi) is 5.67. The van der Waals surface area contributed by atoms with Crippen molar-refractivity contribution in [3.05, 3.63) is 83.9 Å². The minimum absolute atomic E-state index is 0.672. The molecule has 0 saturated heterocycles. The fraction of sp³-hybridized carbons (Fsp3) is 0.217. The zero-order valence-corrected chi connectivity index (χ0v) is 16.3. The zero-order valence-electron chi connectivity index (χ0n) is 16.3. The van der Waals surface area contributed by atoms with Crippen LogP contribution in [0.3, 0.4) is 0 Å². The molecule has 0 aliphatic heterocycles. The van der Waals surface area contributed by atoms with E-state index in [1.807, 2.05) is 106 Å². The molecule has 1 atom stereocenters. The summed E-state index contributed by atoms with van der Waals surface area (Å²) in [6, 6.07) is 24.1. The molecule has 4 heteroatoms. The van der Waals surface area contributed by atoms with Gasteiger partial charge in [0, 0.05) is 39.6 Å². The number of benzene rings is 3. The van der Waals surface area contributed by atoms with Crippen LogP contribution in [0, 0.1) is 0 Å². The molecule has 0 radical (unpaired) electrons. The van der Waals surface area contributed by atoms with Gasteiger partial charge >= 0.3 is 0 Å². The third-order valence-corrected chi connectivity index (χ3v) is 4.60. The molecule has 0 spiro atoms. The molecule has 0 aliphatic carbocycles. The van der Waals surface area contributed by atoms with Crippen LogP contribution >= 0.6 is 0 Å². The van der Waals surface area contributed by atoms with E-state index in [2.05, 4.69) is 10.2 Å². The van der Waals surface area contributed by atoms with E-state index in [-0.39, 0.29) is 0 Å².